The molecule has 1 aromatic heterocycles. The number of amides is 3. The van der Waals surface area contributed by atoms with E-state index in [0.29, 0.717) is 12.0 Å². The maximum absolute atomic E-state index is 13.8. The fourth-order valence-electron chi connectivity index (χ4n) is 6.07. The number of aromatic nitrogens is 1. The number of carbonyl (C=O) groups is 3. The molecular formula is C35H43FN4O6S. The molecule has 2 heterocycles. The largest absolute Gasteiger partial charge is 0.444 e. The third-order valence-electron chi connectivity index (χ3n) is 8.66. The fourth-order valence-corrected chi connectivity index (χ4v) is 7.27. The van der Waals surface area contributed by atoms with Gasteiger partial charge in [0.2, 0.25) is 5.91 Å². The topological polar surface area (TPSA) is 118 Å². The molecule has 1 saturated heterocycles. The molecule has 10 nitrogen and oxygen atoms in total. The minimum absolute atomic E-state index is 0.0229. The quantitative estimate of drug-likeness (QED) is 0.352. The van der Waals surface area contributed by atoms with E-state index in [1.54, 1.807) is 49.9 Å². The molecule has 0 radical (unpaired) electrons. The standard InChI is InChI=1S/C35H43FN4O6S/c1-23-6-7-24(2)40(23)28-14-10-26(11-15-28)32(41)37-30(33(42)38-18-20-47(44,45)21-19-38)16-17-39(34(43)46-35(3,4)5)31-22-29(31)25-8-12-27(36)13-9-25/h6-15,29-31H,16-22H2,1-5H3,(H,37,41)/t29-,30-,31+/m0/s1. The molecule has 0 spiro atoms. The molecule has 0 unspecified atom stereocenters. The summed E-state index contributed by atoms with van der Waals surface area (Å²) < 4.78 is 45.5. The first kappa shape index (κ1) is 34.2. The van der Waals surface area contributed by atoms with Gasteiger partial charge in [0.25, 0.3) is 5.91 Å². The molecule has 3 aromatic rings. The monoisotopic (exact) mass is 666 g/mol. The molecular weight excluding hydrogens is 623 g/mol. The van der Waals surface area contributed by atoms with Crippen LogP contribution in [0.2, 0.25) is 0 Å². The lowest BCUT2D eigenvalue weighted by atomic mass is 10.1. The van der Waals surface area contributed by atoms with Gasteiger partial charge in [-0.1, -0.05) is 12.1 Å². The molecule has 1 saturated carbocycles. The average Bonchev–Trinajstić information content (AvgIpc) is 3.72. The summed E-state index contributed by atoms with van der Waals surface area (Å²) in [6.07, 6.45) is 0.186. The van der Waals surface area contributed by atoms with Crippen molar-refractivity contribution in [1.29, 1.82) is 0 Å². The maximum Gasteiger partial charge on any atom is 0.410 e. The molecule has 1 aliphatic heterocycles. The van der Waals surface area contributed by atoms with Crippen molar-refractivity contribution in [1.82, 2.24) is 19.7 Å². The number of nitrogens with one attached hydrogen (secondary N) is 1. The number of aryl methyl sites for hydroxylation is 2. The number of benzene rings is 2. The number of ether oxygens (including phenoxy) is 1. The van der Waals surface area contributed by atoms with Gasteiger partial charge in [-0.25, -0.2) is 17.6 Å². The Hall–Kier alpha value is -4.19. The van der Waals surface area contributed by atoms with Crippen molar-refractivity contribution in [2.45, 2.75) is 71.1 Å². The third-order valence-corrected chi connectivity index (χ3v) is 10.3. The van der Waals surface area contributed by atoms with Crippen molar-refractivity contribution in [2.75, 3.05) is 31.1 Å². The highest BCUT2D eigenvalue weighted by Crippen LogP contribution is 2.45. The van der Waals surface area contributed by atoms with Crippen molar-refractivity contribution in [3.8, 4) is 5.69 Å². The van der Waals surface area contributed by atoms with Gasteiger partial charge in [-0.2, -0.15) is 0 Å². The summed E-state index contributed by atoms with van der Waals surface area (Å²) in [5.74, 6) is -1.53. The highest BCUT2D eigenvalue weighted by molar-refractivity contribution is 7.91. The van der Waals surface area contributed by atoms with Gasteiger partial charge in [-0.05, 0) is 102 Å². The Kier molecular flexibility index (Phi) is 9.81. The molecule has 3 atom stereocenters. The molecule has 5 rings (SSSR count). The minimum Gasteiger partial charge on any atom is -0.444 e. The summed E-state index contributed by atoms with van der Waals surface area (Å²) in [6.45, 7) is 9.48. The smallest absolute Gasteiger partial charge is 0.410 e. The highest BCUT2D eigenvalue weighted by Gasteiger charge is 2.46. The van der Waals surface area contributed by atoms with Crippen LogP contribution in [0.15, 0.2) is 60.7 Å². The average molecular weight is 667 g/mol. The molecule has 1 aliphatic carbocycles. The van der Waals surface area contributed by atoms with E-state index >= 15 is 0 Å². The van der Waals surface area contributed by atoms with Crippen LogP contribution in [0.25, 0.3) is 5.69 Å². The van der Waals surface area contributed by atoms with Gasteiger partial charge in [0.1, 0.15) is 17.5 Å². The zero-order valence-electron chi connectivity index (χ0n) is 27.5. The zero-order valence-corrected chi connectivity index (χ0v) is 28.3. The van der Waals surface area contributed by atoms with E-state index in [9.17, 15) is 27.2 Å². The summed E-state index contributed by atoms with van der Waals surface area (Å²) in [4.78, 5) is 43.8. The Morgan fingerprint density at radius 2 is 1.55 bits per heavy atom. The molecule has 2 fully saturated rings. The van der Waals surface area contributed by atoms with E-state index in [-0.39, 0.29) is 55.3 Å². The van der Waals surface area contributed by atoms with E-state index in [1.807, 2.05) is 38.1 Å². The molecule has 3 amide bonds. The Labute approximate surface area is 275 Å². The first-order valence-electron chi connectivity index (χ1n) is 15.9. The Balaban J connectivity index is 1.35. The zero-order chi connectivity index (χ0) is 34.1. The number of halogens is 1. The second-order valence-electron chi connectivity index (χ2n) is 13.4. The van der Waals surface area contributed by atoms with Crippen LogP contribution in [0.3, 0.4) is 0 Å². The summed E-state index contributed by atoms with van der Waals surface area (Å²) in [5.41, 5.74) is 3.51. The van der Waals surface area contributed by atoms with Crippen molar-refractivity contribution < 1.29 is 31.9 Å². The second-order valence-corrected chi connectivity index (χ2v) is 15.7. The SMILES string of the molecule is Cc1ccc(C)n1-c1ccc(C(=O)N[C@@H](CCN(C(=O)OC(C)(C)C)[C@@H]2C[C@H]2c2ccc(F)cc2)C(=O)N2CCS(=O)(=O)CC2)cc1. The minimum atomic E-state index is -3.24. The summed E-state index contributed by atoms with van der Waals surface area (Å²) >= 11 is 0. The molecule has 0 bridgehead atoms. The maximum atomic E-state index is 13.8. The van der Waals surface area contributed by atoms with Gasteiger partial charge in [0.15, 0.2) is 9.84 Å². The van der Waals surface area contributed by atoms with E-state index in [1.165, 1.54) is 17.0 Å². The summed E-state index contributed by atoms with van der Waals surface area (Å²) in [7, 11) is -3.24. The van der Waals surface area contributed by atoms with Gasteiger partial charge in [0, 0.05) is 54.2 Å². The van der Waals surface area contributed by atoms with Crippen molar-refractivity contribution in [2.24, 2.45) is 0 Å². The van der Waals surface area contributed by atoms with Crippen LogP contribution in [0.1, 0.15) is 66.8 Å². The number of nitrogens with zero attached hydrogens (tertiary/aromatic N) is 3. The van der Waals surface area contributed by atoms with Crippen molar-refractivity contribution >= 4 is 27.7 Å². The van der Waals surface area contributed by atoms with Gasteiger partial charge in [0.05, 0.1) is 11.5 Å². The predicted octanol–water partition coefficient (Wildman–Crippen LogP) is 4.77. The lowest BCUT2D eigenvalue weighted by Crippen LogP contribution is -2.54. The second kappa shape index (κ2) is 13.5. The highest BCUT2D eigenvalue weighted by atomic mass is 32.2. The first-order valence-corrected chi connectivity index (χ1v) is 17.7. The third kappa shape index (κ3) is 8.40. The van der Waals surface area contributed by atoms with Gasteiger partial charge < -0.3 is 24.4 Å². The van der Waals surface area contributed by atoms with Crippen LogP contribution in [-0.4, -0.2) is 89.5 Å². The van der Waals surface area contributed by atoms with Crippen LogP contribution in [0.5, 0.6) is 0 Å². The molecule has 2 aliphatic rings. The predicted molar refractivity (Wildman–Crippen MR) is 177 cm³/mol. The van der Waals surface area contributed by atoms with E-state index in [4.69, 9.17) is 4.74 Å². The van der Waals surface area contributed by atoms with E-state index < -0.39 is 39.4 Å². The van der Waals surface area contributed by atoms with Crippen LogP contribution in [0, 0.1) is 19.7 Å². The molecule has 12 heteroatoms. The van der Waals surface area contributed by atoms with E-state index in [0.717, 1.165) is 22.6 Å². The lowest BCUT2D eigenvalue weighted by Gasteiger charge is -2.32. The Bertz CT molecular complexity index is 1700. The fraction of sp³-hybridized carbons (Fsp3) is 0.457. The van der Waals surface area contributed by atoms with Gasteiger partial charge in [-0.3, -0.25) is 9.59 Å². The number of hydrogen-bond donors (Lipinski definition) is 1. The number of hydrogen-bond acceptors (Lipinski definition) is 6. The van der Waals surface area contributed by atoms with Crippen LogP contribution in [-0.2, 0) is 19.4 Å². The molecule has 2 aromatic carbocycles. The Morgan fingerprint density at radius 3 is 2.13 bits per heavy atom. The van der Waals surface area contributed by atoms with Crippen LogP contribution < -0.4 is 5.32 Å². The number of rotatable bonds is 9. The van der Waals surface area contributed by atoms with Crippen molar-refractivity contribution in [3.05, 3.63) is 89.0 Å². The summed E-state index contributed by atoms with van der Waals surface area (Å²) in [6, 6.07) is 16.0. The number of sulfone groups is 1. The summed E-state index contributed by atoms with van der Waals surface area (Å²) in [5, 5.41) is 2.87. The van der Waals surface area contributed by atoms with E-state index in [2.05, 4.69) is 9.88 Å². The molecule has 252 valence electrons. The number of carbonyl (C=O) groups excluding carboxylic acids is 3. The normalized spacial score (nSPS) is 19.5. The van der Waals surface area contributed by atoms with Crippen LogP contribution in [0.4, 0.5) is 9.18 Å². The Morgan fingerprint density at radius 1 is 0.957 bits per heavy atom. The van der Waals surface area contributed by atoms with Crippen LogP contribution >= 0.6 is 0 Å². The van der Waals surface area contributed by atoms with Gasteiger partial charge >= 0.3 is 6.09 Å². The molecule has 1 N–H and O–H groups in total. The first-order chi connectivity index (χ1) is 22.1. The molecule has 47 heavy (non-hydrogen) atoms. The van der Waals surface area contributed by atoms with Gasteiger partial charge in [-0.15, -0.1) is 0 Å². The van der Waals surface area contributed by atoms with Crippen molar-refractivity contribution in [3.63, 3.8) is 0 Å². The lowest BCUT2D eigenvalue weighted by molar-refractivity contribution is -0.133.